The van der Waals surface area contributed by atoms with Crippen LogP contribution in [0.15, 0.2) is 42.5 Å². The van der Waals surface area contributed by atoms with Crippen LogP contribution in [0.25, 0.3) is 0 Å². The average molecular weight is 582 g/mol. The summed E-state index contributed by atoms with van der Waals surface area (Å²) >= 11 is 6.38. The summed E-state index contributed by atoms with van der Waals surface area (Å²) in [6.07, 6.45) is -2.00. The second-order valence-corrected chi connectivity index (χ2v) is 11.3. The molecule has 2 aromatic carbocycles. The van der Waals surface area contributed by atoms with E-state index in [0.717, 1.165) is 55.1 Å². The zero-order valence-electron chi connectivity index (χ0n) is 22.9. The van der Waals surface area contributed by atoms with Crippen molar-refractivity contribution in [3.05, 3.63) is 58.6 Å². The van der Waals surface area contributed by atoms with Gasteiger partial charge in [-0.25, -0.2) is 0 Å². The number of hydrogen-bond acceptors (Lipinski definition) is 5. The van der Waals surface area contributed by atoms with E-state index in [-0.39, 0.29) is 30.7 Å². The number of amides is 2. The Balaban J connectivity index is 1.35. The summed E-state index contributed by atoms with van der Waals surface area (Å²) in [7, 11) is 4.66. The molecule has 0 aliphatic carbocycles. The maximum Gasteiger partial charge on any atom is 0.430 e. The smallest absolute Gasteiger partial charge is 0.430 e. The summed E-state index contributed by atoms with van der Waals surface area (Å²) in [5.41, 5.74) is -2.80. The van der Waals surface area contributed by atoms with E-state index in [1.165, 1.54) is 24.1 Å². The minimum atomic E-state index is -5.19. The first-order valence-electron chi connectivity index (χ1n) is 13.3. The number of benzene rings is 2. The molecular weight excluding hydrogens is 547 g/mol. The Kier molecular flexibility index (Phi) is 8.89. The van der Waals surface area contributed by atoms with Crippen molar-refractivity contribution >= 4 is 29.1 Å². The first-order chi connectivity index (χ1) is 18.8. The molecule has 2 amide bonds. The summed E-state index contributed by atoms with van der Waals surface area (Å²) in [4.78, 5) is 30.3. The van der Waals surface area contributed by atoms with Crippen LogP contribution in [-0.2, 0) is 10.4 Å². The van der Waals surface area contributed by atoms with Gasteiger partial charge in [0.15, 0.2) is 0 Å². The monoisotopic (exact) mass is 581 g/mol. The zero-order valence-corrected chi connectivity index (χ0v) is 23.6. The Hall–Kier alpha value is -2.98. The van der Waals surface area contributed by atoms with Gasteiger partial charge < -0.3 is 24.5 Å². The van der Waals surface area contributed by atoms with Crippen molar-refractivity contribution in [3.8, 4) is 5.75 Å². The third kappa shape index (κ3) is 6.02. The summed E-state index contributed by atoms with van der Waals surface area (Å²) in [6.45, 7) is 1.93. The zero-order chi connectivity index (χ0) is 29.2. The van der Waals surface area contributed by atoms with E-state index in [1.54, 1.807) is 20.2 Å². The number of nitrogens with zero attached hydrogens (tertiary/aromatic N) is 3. The lowest BCUT2D eigenvalue weighted by atomic mass is 9.86. The molecule has 4 rings (SSSR count). The van der Waals surface area contributed by atoms with Crippen molar-refractivity contribution < 1.29 is 32.6 Å². The molecule has 0 aromatic heterocycles. The Morgan fingerprint density at radius 2 is 1.73 bits per heavy atom. The fourth-order valence-corrected chi connectivity index (χ4v) is 5.96. The third-order valence-electron chi connectivity index (χ3n) is 8.02. The van der Waals surface area contributed by atoms with E-state index >= 15 is 0 Å². The molecule has 218 valence electrons. The predicted octanol–water partition coefficient (Wildman–Crippen LogP) is 4.96. The topological polar surface area (TPSA) is 73.3 Å². The highest BCUT2D eigenvalue weighted by atomic mass is 35.5. The van der Waals surface area contributed by atoms with Crippen LogP contribution >= 0.6 is 11.6 Å². The Morgan fingerprint density at radius 3 is 2.33 bits per heavy atom. The van der Waals surface area contributed by atoms with Crippen molar-refractivity contribution in [2.24, 2.45) is 11.8 Å². The number of anilines is 1. The highest BCUT2D eigenvalue weighted by molar-refractivity contribution is 6.34. The van der Waals surface area contributed by atoms with Gasteiger partial charge in [-0.2, -0.15) is 13.2 Å². The largest absolute Gasteiger partial charge is 0.497 e. The minimum absolute atomic E-state index is 0.0640. The van der Waals surface area contributed by atoms with Crippen molar-refractivity contribution in [1.82, 2.24) is 9.80 Å². The highest BCUT2D eigenvalue weighted by Gasteiger charge is 2.62. The number of halogens is 4. The molecule has 2 atom stereocenters. The van der Waals surface area contributed by atoms with E-state index < -0.39 is 23.2 Å². The van der Waals surface area contributed by atoms with Gasteiger partial charge in [0.1, 0.15) is 5.75 Å². The van der Waals surface area contributed by atoms with Gasteiger partial charge >= 0.3 is 6.18 Å². The molecule has 2 aliphatic heterocycles. The van der Waals surface area contributed by atoms with Gasteiger partial charge in [0.2, 0.25) is 0 Å². The average Bonchev–Trinajstić information content (AvgIpc) is 3.39. The van der Waals surface area contributed by atoms with Gasteiger partial charge in [0.05, 0.1) is 17.7 Å². The van der Waals surface area contributed by atoms with Gasteiger partial charge in [0.25, 0.3) is 17.4 Å². The number of alkyl halides is 3. The van der Waals surface area contributed by atoms with E-state index in [0.29, 0.717) is 22.9 Å². The predicted molar refractivity (Wildman–Crippen MR) is 147 cm³/mol. The van der Waals surface area contributed by atoms with Crippen molar-refractivity contribution in [2.75, 3.05) is 52.3 Å². The summed E-state index contributed by atoms with van der Waals surface area (Å²) in [5, 5.41) is 11.2. The summed E-state index contributed by atoms with van der Waals surface area (Å²) in [5.74, 6) is -0.940. The number of methoxy groups -OCH3 is 1. The molecule has 7 nitrogen and oxygen atoms in total. The lowest BCUT2D eigenvalue weighted by Gasteiger charge is -2.35. The molecule has 0 bridgehead atoms. The fourth-order valence-electron chi connectivity index (χ4n) is 5.71. The molecule has 0 spiro atoms. The highest BCUT2D eigenvalue weighted by Crippen LogP contribution is 2.43. The van der Waals surface area contributed by atoms with Gasteiger partial charge in [-0.15, -0.1) is 0 Å². The molecule has 2 heterocycles. The van der Waals surface area contributed by atoms with Crippen LogP contribution in [0.5, 0.6) is 5.75 Å². The number of hydrogen-bond donors (Lipinski definition) is 1. The second-order valence-electron chi connectivity index (χ2n) is 10.9. The molecule has 0 saturated carbocycles. The molecule has 2 aliphatic rings. The van der Waals surface area contributed by atoms with Gasteiger partial charge in [-0.05, 0) is 67.9 Å². The normalized spacial score (nSPS) is 19.9. The lowest BCUT2D eigenvalue weighted by molar-refractivity contribution is -0.261. The molecule has 0 radical (unpaired) electrons. The number of ether oxygens (including phenoxy) is 1. The number of piperidine rings is 1. The van der Waals surface area contributed by atoms with Crippen molar-refractivity contribution in [1.29, 1.82) is 0 Å². The molecule has 11 heteroatoms. The lowest BCUT2D eigenvalue weighted by Crippen LogP contribution is -2.55. The molecule has 1 N–H and O–H groups in total. The van der Waals surface area contributed by atoms with Gasteiger partial charge in [-0.3, -0.25) is 9.59 Å². The van der Waals surface area contributed by atoms with Gasteiger partial charge in [0, 0.05) is 51.5 Å². The molecular formula is C29H35ClF3N3O4. The van der Waals surface area contributed by atoms with Crippen LogP contribution in [0, 0.1) is 11.8 Å². The van der Waals surface area contributed by atoms with Crippen molar-refractivity contribution in [2.45, 2.75) is 37.5 Å². The van der Waals surface area contributed by atoms with Crippen LogP contribution in [0.2, 0.25) is 5.02 Å². The maximum absolute atomic E-state index is 14.1. The van der Waals surface area contributed by atoms with E-state index in [1.807, 2.05) is 12.1 Å². The van der Waals surface area contributed by atoms with Crippen LogP contribution in [0.1, 0.15) is 41.6 Å². The molecule has 2 fully saturated rings. The summed E-state index contributed by atoms with van der Waals surface area (Å²) in [6, 6.07) is 10.4. The van der Waals surface area contributed by atoms with E-state index in [9.17, 15) is 27.9 Å². The van der Waals surface area contributed by atoms with Crippen LogP contribution in [0.3, 0.4) is 0 Å². The first kappa shape index (κ1) is 30.0. The molecule has 2 aromatic rings. The minimum Gasteiger partial charge on any atom is -0.497 e. The number of carbonyl (C=O) groups is 2. The van der Waals surface area contributed by atoms with Crippen LogP contribution in [-0.4, -0.2) is 80.3 Å². The fraction of sp³-hybridized carbons (Fsp3) is 0.517. The quantitative estimate of drug-likeness (QED) is 0.501. The van der Waals surface area contributed by atoms with Crippen LogP contribution < -0.4 is 9.64 Å². The Morgan fingerprint density at radius 1 is 1.05 bits per heavy atom. The Bertz CT molecular complexity index is 1230. The molecule has 2 saturated heterocycles. The summed E-state index contributed by atoms with van der Waals surface area (Å²) < 4.78 is 47.4. The van der Waals surface area contributed by atoms with E-state index in [4.69, 9.17) is 16.3 Å². The molecule has 1 unspecified atom stereocenters. The second kappa shape index (κ2) is 11.9. The third-order valence-corrected chi connectivity index (χ3v) is 8.33. The van der Waals surface area contributed by atoms with Crippen LogP contribution in [0.4, 0.5) is 18.9 Å². The van der Waals surface area contributed by atoms with Gasteiger partial charge in [-0.1, -0.05) is 23.7 Å². The maximum atomic E-state index is 14.1. The van der Waals surface area contributed by atoms with E-state index in [2.05, 4.69) is 4.90 Å². The number of aliphatic hydroxyl groups is 1. The van der Waals surface area contributed by atoms with Crippen molar-refractivity contribution in [3.63, 3.8) is 0 Å². The Labute approximate surface area is 237 Å². The number of rotatable bonds is 7. The SMILES string of the molecule is COc1cccc([C@@](O)(C(=O)N2CCC(CC3CCN(c4ccc(C(=O)N(C)C)c(Cl)c4)CC3)C2)C(F)(F)F)c1. The standard InChI is InChI=1S/C29H35ClF3N3O4/c1-34(2)26(37)24-8-7-22(17-25(24)30)35-12-9-19(10-13-35)15-20-11-14-36(18-20)27(38)28(39,29(31,32)33)21-5-4-6-23(16-21)40-3/h4-8,16-17,19-20,39H,9-15,18H2,1-3H3/t20?,28-/m1/s1. The number of likely N-dealkylation sites (tertiary alicyclic amines) is 1. The number of carbonyl (C=O) groups excluding carboxylic acids is 2. The molecule has 40 heavy (non-hydrogen) atoms. The first-order valence-corrected chi connectivity index (χ1v) is 13.7.